The summed E-state index contributed by atoms with van der Waals surface area (Å²) in [5, 5.41) is 6.08. The first-order valence-corrected chi connectivity index (χ1v) is 13.5. The number of carbonyl (C=O) groups excluding carboxylic acids is 3. The molecule has 0 aliphatic heterocycles. The van der Waals surface area contributed by atoms with Crippen molar-refractivity contribution in [3.05, 3.63) is 64.2 Å². The monoisotopic (exact) mass is 553 g/mol. The quantitative estimate of drug-likeness (QED) is 0.348. The van der Waals surface area contributed by atoms with E-state index in [-0.39, 0.29) is 5.92 Å². The number of para-hydroxylation sites is 1. The molecule has 0 aromatic heterocycles. The molecule has 39 heavy (non-hydrogen) atoms. The smallest absolute Gasteiger partial charge is 0.408 e. The number of nitrogens with zero attached hydrogens (tertiary/aromatic N) is 1. The highest BCUT2D eigenvalue weighted by Crippen LogP contribution is 2.31. The summed E-state index contributed by atoms with van der Waals surface area (Å²) in [6, 6.07) is 9.90. The van der Waals surface area contributed by atoms with Crippen molar-refractivity contribution >= 4 is 35.2 Å². The SMILES string of the molecule is C#Cc1ccc(C(C(=O)Nc2c(C)cccc2Cl)N(C(=O)C(NC(=O)OC(C)(C)C)C(C)CC)C(C)C)cc1. The molecule has 0 spiro atoms. The Morgan fingerprint density at radius 3 is 2.18 bits per heavy atom. The Labute approximate surface area is 237 Å². The van der Waals surface area contributed by atoms with Gasteiger partial charge in [0, 0.05) is 11.6 Å². The molecule has 0 aliphatic rings. The highest BCUT2D eigenvalue weighted by Gasteiger charge is 2.39. The van der Waals surface area contributed by atoms with Crippen LogP contribution in [-0.4, -0.2) is 40.5 Å². The molecule has 3 unspecified atom stereocenters. The van der Waals surface area contributed by atoms with Crippen LogP contribution in [0.4, 0.5) is 10.5 Å². The van der Waals surface area contributed by atoms with Crippen molar-refractivity contribution in [3.8, 4) is 12.3 Å². The van der Waals surface area contributed by atoms with Crippen molar-refractivity contribution in [3.63, 3.8) is 0 Å². The molecule has 3 atom stereocenters. The van der Waals surface area contributed by atoms with Crippen LogP contribution in [0.5, 0.6) is 0 Å². The largest absolute Gasteiger partial charge is 0.444 e. The van der Waals surface area contributed by atoms with Gasteiger partial charge in [0.05, 0.1) is 10.7 Å². The second-order valence-corrected chi connectivity index (χ2v) is 11.3. The predicted molar refractivity (Wildman–Crippen MR) is 157 cm³/mol. The molecule has 0 fully saturated rings. The number of hydrogen-bond donors (Lipinski definition) is 2. The van der Waals surface area contributed by atoms with Crippen molar-refractivity contribution in [1.82, 2.24) is 10.2 Å². The van der Waals surface area contributed by atoms with E-state index in [1.807, 2.05) is 40.7 Å². The number of aryl methyl sites for hydroxylation is 1. The normalized spacial score (nSPS) is 13.6. The number of carbonyl (C=O) groups is 3. The maximum atomic E-state index is 14.2. The molecule has 8 heteroatoms. The second kappa shape index (κ2) is 13.5. The Kier molecular flexibility index (Phi) is 11.0. The zero-order chi connectivity index (χ0) is 29.5. The average Bonchev–Trinajstić information content (AvgIpc) is 2.86. The van der Waals surface area contributed by atoms with Gasteiger partial charge in [-0.25, -0.2) is 4.79 Å². The first-order valence-electron chi connectivity index (χ1n) is 13.1. The molecule has 2 N–H and O–H groups in total. The van der Waals surface area contributed by atoms with Crippen molar-refractivity contribution in [2.45, 2.75) is 85.5 Å². The van der Waals surface area contributed by atoms with Crippen LogP contribution in [0, 0.1) is 25.2 Å². The van der Waals surface area contributed by atoms with Gasteiger partial charge in [0.1, 0.15) is 17.7 Å². The Morgan fingerprint density at radius 1 is 1.08 bits per heavy atom. The van der Waals surface area contributed by atoms with Crippen LogP contribution in [0.1, 0.15) is 77.6 Å². The van der Waals surface area contributed by atoms with Crippen molar-refractivity contribution in [2.75, 3.05) is 5.32 Å². The van der Waals surface area contributed by atoms with Crippen LogP contribution in [0.15, 0.2) is 42.5 Å². The molecule has 3 amide bonds. The summed E-state index contributed by atoms with van der Waals surface area (Å²) in [6.45, 7) is 14.6. The van der Waals surface area contributed by atoms with Crippen LogP contribution >= 0.6 is 11.6 Å². The van der Waals surface area contributed by atoms with E-state index >= 15 is 0 Å². The summed E-state index contributed by atoms with van der Waals surface area (Å²) in [5.41, 5.74) is 1.73. The molecule has 7 nitrogen and oxygen atoms in total. The number of halogens is 1. The lowest BCUT2D eigenvalue weighted by molar-refractivity contribution is -0.144. The molecule has 0 bridgehead atoms. The minimum Gasteiger partial charge on any atom is -0.444 e. The molecule has 0 radical (unpaired) electrons. The van der Waals surface area contributed by atoms with Gasteiger partial charge in [-0.2, -0.15) is 0 Å². The minimum absolute atomic E-state index is 0.232. The van der Waals surface area contributed by atoms with Gasteiger partial charge in [-0.15, -0.1) is 6.42 Å². The summed E-state index contributed by atoms with van der Waals surface area (Å²) < 4.78 is 5.44. The molecule has 0 saturated heterocycles. The number of ether oxygens (including phenoxy) is 1. The number of benzene rings is 2. The van der Waals surface area contributed by atoms with Crippen molar-refractivity contribution < 1.29 is 19.1 Å². The maximum Gasteiger partial charge on any atom is 0.408 e. The fourth-order valence-corrected chi connectivity index (χ4v) is 4.41. The molecule has 2 rings (SSSR count). The van der Waals surface area contributed by atoms with Crippen LogP contribution in [0.3, 0.4) is 0 Å². The molecule has 2 aromatic carbocycles. The standard InChI is InChI=1S/C31H40ClN3O4/c1-10-20(5)26(34-30(38)39-31(7,8)9)29(37)35(19(3)4)27(23-17-15-22(11-2)16-18-23)28(36)33-25-21(6)13-12-14-24(25)32/h2,12-20,26-27H,10H2,1,3-9H3,(H,33,36)(H,34,38). The van der Waals surface area contributed by atoms with Gasteiger partial charge in [0.15, 0.2) is 0 Å². The minimum atomic E-state index is -1.04. The Balaban J connectivity index is 2.60. The van der Waals surface area contributed by atoms with E-state index in [4.69, 9.17) is 22.8 Å². The Hall–Kier alpha value is -3.50. The number of hydrogen-bond acceptors (Lipinski definition) is 4. The zero-order valence-electron chi connectivity index (χ0n) is 24.1. The number of amides is 3. The fourth-order valence-electron chi connectivity index (χ4n) is 4.14. The third-order valence-electron chi connectivity index (χ3n) is 6.35. The average molecular weight is 554 g/mol. The molecule has 0 heterocycles. The fraction of sp³-hybridized carbons (Fsp3) is 0.452. The molecular formula is C31H40ClN3O4. The number of anilines is 1. The van der Waals surface area contributed by atoms with E-state index in [1.54, 1.807) is 57.2 Å². The molecule has 210 valence electrons. The second-order valence-electron chi connectivity index (χ2n) is 10.9. The summed E-state index contributed by atoms with van der Waals surface area (Å²) >= 11 is 6.41. The number of terminal acetylenes is 1. The van der Waals surface area contributed by atoms with Gasteiger partial charge in [-0.1, -0.05) is 62.1 Å². The van der Waals surface area contributed by atoms with Crippen LogP contribution in [0.2, 0.25) is 5.02 Å². The first-order chi connectivity index (χ1) is 18.2. The highest BCUT2D eigenvalue weighted by molar-refractivity contribution is 6.34. The first kappa shape index (κ1) is 31.7. The molecule has 0 saturated carbocycles. The molecule has 2 aromatic rings. The van der Waals surface area contributed by atoms with Gasteiger partial charge in [0.25, 0.3) is 5.91 Å². The number of rotatable bonds is 9. The van der Waals surface area contributed by atoms with E-state index < -0.39 is 41.6 Å². The number of alkyl carbamates (subject to hydrolysis) is 1. The van der Waals surface area contributed by atoms with Gasteiger partial charge in [-0.3, -0.25) is 9.59 Å². The van der Waals surface area contributed by atoms with Gasteiger partial charge >= 0.3 is 6.09 Å². The Bertz CT molecular complexity index is 1190. The third kappa shape index (κ3) is 8.49. The van der Waals surface area contributed by atoms with E-state index in [1.165, 1.54) is 4.90 Å². The highest BCUT2D eigenvalue weighted by atomic mass is 35.5. The predicted octanol–water partition coefficient (Wildman–Crippen LogP) is 6.49. The van der Waals surface area contributed by atoms with Crippen LogP contribution in [0.25, 0.3) is 0 Å². The third-order valence-corrected chi connectivity index (χ3v) is 6.67. The number of nitrogens with one attached hydrogen (secondary N) is 2. The van der Waals surface area contributed by atoms with Gasteiger partial charge in [0.2, 0.25) is 5.91 Å². The van der Waals surface area contributed by atoms with Gasteiger partial charge in [-0.05, 0) is 76.8 Å². The van der Waals surface area contributed by atoms with Crippen LogP contribution < -0.4 is 10.6 Å². The van der Waals surface area contributed by atoms with E-state index in [2.05, 4.69) is 16.6 Å². The summed E-state index contributed by atoms with van der Waals surface area (Å²) in [6.07, 6.45) is 5.46. The molecule has 0 aliphatic carbocycles. The van der Waals surface area contributed by atoms with E-state index in [9.17, 15) is 14.4 Å². The van der Waals surface area contributed by atoms with E-state index in [0.717, 1.165) is 5.56 Å². The summed E-state index contributed by atoms with van der Waals surface area (Å²) in [7, 11) is 0. The molecular weight excluding hydrogens is 514 g/mol. The topological polar surface area (TPSA) is 87.7 Å². The Morgan fingerprint density at radius 2 is 1.69 bits per heavy atom. The maximum absolute atomic E-state index is 14.2. The lowest BCUT2D eigenvalue weighted by atomic mass is 9.94. The van der Waals surface area contributed by atoms with E-state index in [0.29, 0.717) is 28.3 Å². The van der Waals surface area contributed by atoms with Gasteiger partial charge < -0.3 is 20.3 Å². The summed E-state index contributed by atoms with van der Waals surface area (Å²) in [4.78, 5) is 42.4. The lowest BCUT2D eigenvalue weighted by Gasteiger charge is -2.38. The van der Waals surface area contributed by atoms with Crippen LogP contribution in [-0.2, 0) is 14.3 Å². The lowest BCUT2D eigenvalue weighted by Crippen LogP contribution is -2.56. The zero-order valence-corrected chi connectivity index (χ0v) is 24.8. The van der Waals surface area contributed by atoms with Crippen molar-refractivity contribution in [2.24, 2.45) is 5.92 Å². The summed E-state index contributed by atoms with van der Waals surface area (Å²) in [5.74, 6) is 1.50. The van der Waals surface area contributed by atoms with Crippen molar-refractivity contribution in [1.29, 1.82) is 0 Å².